The standard InChI is InChI=1S/C16H24F2N2O/c1-11(13-10-12(17)4-5-14(13)18)20-15(21)6-7-16(2,3)8-9-19/h4-5,10-11H,6-9,19H2,1-3H3,(H,20,21). The van der Waals surface area contributed by atoms with Gasteiger partial charge in [0.25, 0.3) is 0 Å². The Kier molecular flexibility index (Phi) is 6.27. The molecule has 0 aromatic heterocycles. The van der Waals surface area contributed by atoms with Gasteiger partial charge in [-0.1, -0.05) is 13.8 Å². The Morgan fingerprint density at radius 3 is 2.62 bits per heavy atom. The average Bonchev–Trinajstić information content (AvgIpc) is 2.39. The molecule has 1 amide bonds. The third-order valence-electron chi connectivity index (χ3n) is 3.65. The summed E-state index contributed by atoms with van der Waals surface area (Å²) in [5.74, 6) is -1.21. The van der Waals surface area contributed by atoms with Gasteiger partial charge in [-0.25, -0.2) is 8.78 Å². The van der Waals surface area contributed by atoms with Crippen molar-refractivity contribution >= 4 is 5.91 Å². The fourth-order valence-electron chi connectivity index (χ4n) is 2.21. The molecular weight excluding hydrogens is 274 g/mol. The highest BCUT2D eigenvalue weighted by atomic mass is 19.1. The lowest BCUT2D eigenvalue weighted by Gasteiger charge is -2.24. The van der Waals surface area contributed by atoms with E-state index in [0.717, 1.165) is 24.6 Å². The number of hydrogen-bond donors (Lipinski definition) is 2. The number of carbonyl (C=O) groups excluding carboxylic acids is 1. The topological polar surface area (TPSA) is 55.1 Å². The minimum atomic E-state index is -0.564. The van der Waals surface area contributed by atoms with Gasteiger partial charge in [0.1, 0.15) is 11.6 Å². The van der Waals surface area contributed by atoms with Crippen LogP contribution in [-0.4, -0.2) is 12.5 Å². The number of carbonyl (C=O) groups is 1. The maximum atomic E-state index is 13.6. The van der Waals surface area contributed by atoms with Crippen LogP contribution in [0.3, 0.4) is 0 Å². The normalized spacial score (nSPS) is 13.0. The van der Waals surface area contributed by atoms with Crippen molar-refractivity contribution in [1.82, 2.24) is 5.32 Å². The Bertz CT molecular complexity index is 489. The van der Waals surface area contributed by atoms with Gasteiger partial charge < -0.3 is 11.1 Å². The van der Waals surface area contributed by atoms with E-state index in [0.29, 0.717) is 19.4 Å². The second kappa shape index (κ2) is 7.50. The second-order valence-electron chi connectivity index (χ2n) is 6.16. The largest absolute Gasteiger partial charge is 0.349 e. The van der Waals surface area contributed by atoms with Crippen molar-refractivity contribution in [2.45, 2.75) is 46.1 Å². The Balaban J connectivity index is 2.56. The van der Waals surface area contributed by atoms with E-state index in [1.54, 1.807) is 6.92 Å². The minimum Gasteiger partial charge on any atom is -0.349 e. The molecule has 0 fully saturated rings. The van der Waals surface area contributed by atoms with Crippen LogP contribution in [-0.2, 0) is 4.79 Å². The van der Waals surface area contributed by atoms with E-state index in [4.69, 9.17) is 5.73 Å². The molecule has 0 aliphatic rings. The SMILES string of the molecule is CC(NC(=O)CCC(C)(C)CCN)c1cc(F)ccc1F. The third kappa shape index (κ3) is 5.79. The fourth-order valence-corrected chi connectivity index (χ4v) is 2.21. The van der Waals surface area contributed by atoms with Gasteiger partial charge in [-0.2, -0.15) is 0 Å². The molecule has 0 spiro atoms. The summed E-state index contributed by atoms with van der Waals surface area (Å²) >= 11 is 0. The highest BCUT2D eigenvalue weighted by molar-refractivity contribution is 5.76. The van der Waals surface area contributed by atoms with Crippen LogP contribution in [0.4, 0.5) is 8.78 Å². The fraction of sp³-hybridized carbons (Fsp3) is 0.562. The zero-order chi connectivity index (χ0) is 16.0. The number of hydrogen-bond acceptors (Lipinski definition) is 2. The van der Waals surface area contributed by atoms with Crippen molar-refractivity contribution in [2.75, 3.05) is 6.54 Å². The van der Waals surface area contributed by atoms with Crippen molar-refractivity contribution < 1.29 is 13.6 Å². The predicted octanol–water partition coefficient (Wildman–Crippen LogP) is 3.30. The van der Waals surface area contributed by atoms with Crippen LogP contribution in [0.2, 0.25) is 0 Å². The molecule has 1 aromatic rings. The van der Waals surface area contributed by atoms with Gasteiger partial charge in [0.05, 0.1) is 6.04 Å². The second-order valence-corrected chi connectivity index (χ2v) is 6.16. The maximum absolute atomic E-state index is 13.6. The molecule has 21 heavy (non-hydrogen) atoms. The quantitative estimate of drug-likeness (QED) is 0.811. The first kappa shape index (κ1) is 17.6. The molecule has 3 N–H and O–H groups in total. The summed E-state index contributed by atoms with van der Waals surface area (Å²) in [7, 11) is 0. The zero-order valence-electron chi connectivity index (χ0n) is 12.9. The van der Waals surface area contributed by atoms with Crippen LogP contribution < -0.4 is 11.1 Å². The van der Waals surface area contributed by atoms with Crippen LogP contribution in [0.25, 0.3) is 0 Å². The van der Waals surface area contributed by atoms with Crippen molar-refractivity contribution in [1.29, 1.82) is 0 Å². The van der Waals surface area contributed by atoms with Gasteiger partial charge in [0, 0.05) is 12.0 Å². The Morgan fingerprint density at radius 1 is 1.33 bits per heavy atom. The third-order valence-corrected chi connectivity index (χ3v) is 3.65. The first-order chi connectivity index (χ1) is 9.75. The molecule has 1 rings (SSSR count). The van der Waals surface area contributed by atoms with E-state index in [2.05, 4.69) is 19.2 Å². The van der Waals surface area contributed by atoms with Crippen LogP contribution in [0.15, 0.2) is 18.2 Å². The molecule has 0 radical (unpaired) electrons. The summed E-state index contributed by atoms with van der Waals surface area (Å²) in [4.78, 5) is 11.9. The molecule has 0 bridgehead atoms. The molecule has 118 valence electrons. The molecule has 1 unspecified atom stereocenters. The number of nitrogens with one attached hydrogen (secondary N) is 1. The molecular formula is C16H24F2N2O. The lowest BCUT2D eigenvalue weighted by atomic mass is 9.84. The minimum absolute atomic E-state index is 0.000562. The molecule has 1 atom stereocenters. The summed E-state index contributed by atoms with van der Waals surface area (Å²) in [5, 5.41) is 2.70. The average molecular weight is 298 g/mol. The number of rotatable bonds is 7. The van der Waals surface area contributed by atoms with Crippen molar-refractivity contribution in [3.05, 3.63) is 35.4 Å². The molecule has 0 heterocycles. The smallest absolute Gasteiger partial charge is 0.220 e. The van der Waals surface area contributed by atoms with Crippen molar-refractivity contribution in [3.63, 3.8) is 0 Å². The van der Waals surface area contributed by atoms with E-state index in [9.17, 15) is 13.6 Å². The maximum Gasteiger partial charge on any atom is 0.220 e. The molecule has 3 nitrogen and oxygen atoms in total. The highest BCUT2D eigenvalue weighted by Crippen LogP contribution is 2.26. The summed E-state index contributed by atoms with van der Waals surface area (Å²) in [6.45, 7) is 6.34. The molecule has 0 aliphatic carbocycles. The van der Waals surface area contributed by atoms with Gasteiger partial charge in [-0.05, 0) is 49.9 Å². The molecule has 0 aliphatic heterocycles. The molecule has 0 saturated heterocycles. The van der Waals surface area contributed by atoms with E-state index >= 15 is 0 Å². The lowest BCUT2D eigenvalue weighted by Crippen LogP contribution is -2.29. The van der Waals surface area contributed by atoms with E-state index < -0.39 is 17.7 Å². The molecule has 5 heteroatoms. The van der Waals surface area contributed by atoms with Gasteiger partial charge in [-0.3, -0.25) is 4.79 Å². The van der Waals surface area contributed by atoms with Crippen molar-refractivity contribution in [3.8, 4) is 0 Å². The zero-order valence-corrected chi connectivity index (χ0v) is 12.9. The highest BCUT2D eigenvalue weighted by Gasteiger charge is 2.20. The Hall–Kier alpha value is -1.49. The van der Waals surface area contributed by atoms with E-state index in [-0.39, 0.29) is 16.9 Å². The van der Waals surface area contributed by atoms with Crippen LogP contribution >= 0.6 is 0 Å². The first-order valence-electron chi connectivity index (χ1n) is 7.19. The molecule has 0 saturated carbocycles. The van der Waals surface area contributed by atoms with Gasteiger partial charge in [-0.15, -0.1) is 0 Å². The summed E-state index contributed by atoms with van der Waals surface area (Å²) < 4.78 is 26.8. The summed E-state index contributed by atoms with van der Waals surface area (Å²) in [6.07, 6.45) is 1.89. The first-order valence-corrected chi connectivity index (χ1v) is 7.19. The lowest BCUT2D eigenvalue weighted by molar-refractivity contribution is -0.122. The number of nitrogens with two attached hydrogens (primary N) is 1. The van der Waals surface area contributed by atoms with Crippen LogP contribution in [0, 0.1) is 17.0 Å². The predicted molar refractivity (Wildman–Crippen MR) is 79.6 cm³/mol. The molecule has 1 aromatic carbocycles. The van der Waals surface area contributed by atoms with E-state index in [1.165, 1.54) is 0 Å². The van der Waals surface area contributed by atoms with E-state index in [1.807, 2.05) is 0 Å². The van der Waals surface area contributed by atoms with Crippen molar-refractivity contribution in [2.24, 2.45) is 11.1 Å². The Labute approximate surface area is 124 Å². The summed E-state index contributed by atoms with van der Waals surface area (Å²) in [5.41, 5.74) is 5.69. The summed E-state index contributed by atoms with van der Waals surface area (Å²) in [6, 6.07) is 2.67. The number of benzene rings is 1. The van der Waals surface area contributed by atoms with Crippen LogP contribution in [0.5, 0.6) is 0 Å². The van der Waals surface area contributed by atoms with Gasteiger partial charge >= 0.3 is 0 Å². The Morgan fingerprint density at radius 2 is 2.00 bits per heavy atom. The number of halogens is 2. The number of amides is 1. The van der Waals surface area contributed by atoms with Gasteiger partial charge in [0.15, 0.2) is 0 Å². The monoisotopic (exact) mass is 298 g/mol. The van der Waals surface area contributed by atoms with Gasteiger partial charge in [0.2, 0.25) is 5.91 Å². The van der Waals surface area contributed by atoms with Crippen LogP contribution in [0.1, 0.15) is 51.6 Å².